The summed E-state index contributed by atoms with van der Waals surface area (Å²) < 4.78 is 11.7. The van der Waals surface area contributed by atoms with Crippen LogP contribution >= 0.6 is 11.3 Å². The van der Waals surface area contributed by atoms with Gasteiger partial charge in [-0.3, -0.25) is 0 Å². The quantitative estimate of drug-likeness (QED) is 0.191. The molecule has 0 aliphatic carbocycles. The first-order valence-electron chi connectivity index (χ1n) is 18.9. The van der Waals surface area contributed by atoms with Crippen LogP contribution in [0.1, 0.15) is 11.9 Å². The molecule has 4 heterocycles. The highest BCUT2D eigenvalue weighted by Crippen LogP contribution is 2.46. The Morgan fingerprint density at radius 2 is 1.16 bits per heavy atom. The van der Waals surface area contributed by atoms with Crippen molar-refractivity contribution < 1.29 is 4.42 Å². The first-order valence-corrected chi connectivity index (χ1v) is 19.7. The van der Waals surface area contributed by atoms with Gasteiger partial charge in [0.1, 0.15) is 11.2 Å². The van der Waals surface area contributed by atoms with Crippen molar-refractivity contribution in [2.45, 2.75) is 6.29 Å². The third-order valence-electron chi connectivity index (χ3n) is 11.2. The number of hydrogen-bond acceptors (Lipinski definition) is 5. The van der Waals surface area contributed by atoms with Gasteiger partial charge in [-0.15, -0.1) is 11.3 Å². The number of anilines is 3. The van der Waals surface area contributed by atoms with E-state index >= 15 is 0 Å². The normalized spacial score (nSPS) is 14.1. The molecule has 0 amide bonds. The Labute approximate surface area is 325 Å². The van der Waals surface area contributed by atoms with Gasteiger partial charge in [-0.2, -0.15) is 0 Å². The molecule has 264 valence electrons. The van der Waals surface area contributed by atoms with Crippen LogP contribution in [-0.4, -0.2) is 4.57 Å². The average molecular weight is 737 g/mol. The molecule has 0 fully saturated rings. The SMILES string of the molecule is c1ccc(C2=c3sc4ccccc4c3=NC(n3c4ccccc4c4cc5c(cc43)oc3c4ccccc4c(N(c4ccccc4)c4ccccc4)cc53)N2)cc1. The highest BCUT2D eigenvalue weighted by atomic mass is 32.1. The molecule has 1 atom stereocenters. The van der Waals surface area contributed by atoms with Gasteiger partial charge in [-0.1, -0.05) is 127 Å². The van der Waals surface area contributed by atoms with Crippen LogP contribution < -0.4 is 20.1 Å². The van der Waals surface area contributed by atoms with E-state index in [1.54, 1.807) is 11.3 Å². The number of rotatable bonds is 5. The second kappa shape index (κ2) is 12.2. The van der Waals surface area contributed by atoms with Gasteiger partial charge in [-0.05, 0) is 54.1 Å². The number of nitrogens with one attached hydrogen (secondary N) is 1. The Balaban J connectivity index is 1.13. The van der Waals surface area contributed by atoms with Gasteiger partial charge >= 0.3 is 0 Å². The zero-order valence-electron chi connectivity index (χ0n) is 30.1. The Bertz CT molecular complexity index is 3420. The van der Waals surface area contributed by atoms with Gasteiger partial charge in [0.05, 0.1) is 32.3 Å². The molecule has 0 saturated heterocycles. The van der Waals surface area contributed by atoms with Crippen molar-refractivity contribution in [3.8, 4) is 0 Å². The van der Waals surface area contributed by atoms with Gasteiger partial charge in [0.15, 0.2) is 0 Å². The summed E-state index contributed by atoms with van der Waals surface area (Å²) in [6.45, 7) is 0. The molecule has 1 unspecified atom stereocenters. The molecule has 11 aromatic rings. The Morgan fingerprint density at radius 3 is 1.91 bits per heavy atom. The Morgan fingerprint density at radius 1 is 0.536 bits per heavy atom. The molecule has 0 radical (unpaired) electrons. The average Bonchev–Trinajstić information content (AvgIpc) is 3.93. The number of furan rings is 1. The fourth-order valence-electron chi connectivity index (χ4n) is 8.72. The van der Waals surface area contributed by atoms with Crippen molar-refractivity contribution in [3.05, 3.63) is 197 Å². The van der Waals surface area contributed by atoms with Crippen molar-refractivity contribution >= 4 is 98.7 Å². The van der Waals surface area contributed by atoms with Gasteiger partial charge < -0.3 is 19.2 Å². The van der Waals surface area contributed by atoms with Gasteiger partial charge in [0, 0.05) is 59.8 Å². The van der Waals surface area contributed by atoms with E-state index in [0.29, 0.717) is 0 Å². The Hall–Kier alpha value is -7.15. The van der Waals surface area contributed by atoms with E-state index < -0.39 is 6.29 Å². The lowest BCUT2D eigenvalue weighted by atomic mass is 10.0. The number of hydrogen-bond donors (Lipinski definition) is 1. The number of thiophene rings is 1. The summed E-state index contributed by atoms with van der Waals surface area (Å²) in [5, 5.41) is 12.8. The van der Waals surface area contributed by atoms with Crippen LogP contribution in [0.5, 0.6) is 0 Å². The fourth-order valence-corrected chi connectivity index (χ4v) is 9.90. The van der Waals surface area contributed by atoms with Crippen LogP contribution in [0.3, 0.4) is 0 Å². The molecule has 5 nitrogen and oxygen atoms in total. The number of aromatic nitrogens is 1. The van der Waals surface area contributed by atoms with Crippen LogP contribution in [0.25, 0.3) is 70.3 Å². The molecule has 3 aromatic heterocycles. The molecule has 0 bridgehead atoms. The predicted molar refractivity (Wildman–Crippen MR) is 233 cm³/mol. The van der Waals surface area contributed by atoms with E-state index in [4.69, 9.17) is 9.41 Å². The topological polar surface area (TPSA) is 45.7 Å². The minimum atomic E-state index is -0.391. The van der Waals surface area contributed by atoms with Gasteiger partial charge in [0.25, 0.3) is 0 Å². The monoisotopic (exact) mass is 736 g/mol. The van der Waals surface area contributed by atoms with E-state index in [9.17, 15) is 0 Å². The first kappa shape index (κ1) is 31.2. The highest BCUT2D eigenvalue weighted by molar-refractivity contribution is 7.17. The van der Waals surface area contributed by atoms with Crippen LogP contribution in [0.4, 0.5) is 17.1 Å². The molecule has 1 aliphatic rings. The minimum absolute atomic E-state index is 0.391. The van der Waals surface area contributed by atoms with Crippen molar-refractivity contribution in [2.75, 3.05) is 4.90 Å². The summed E-state index contributed by atoms with van der Waals surface area (Å²) in [4.78, 5) is 7.86. The molecule has 0 saturated carbocycles. The standard InChI is InChI=1S/C50H32N4OS/c1-4-16-31(17-5-1)46-49-47(37-25-13-15-27-45(37)56-49)52-50(51-46)54-41-26-14-12-23-35(41)38-28-39-40-29-42(53(32-18-6-2-7-19-32)33-20-8-3-9-21-33)34-22-10-11-24-36(34)48(40)55-44(39)30-43(38)54/h1-30,50-51H. The van der Waals surface area contributed by atoms with Crippen LogP contribution in [-0.2, 0) is 0 Å². The van der Waals surface area contributed by atoms with Crippen LogP contribution in [0.2, 0.25) is 0 Å². The molecular formula is C50H32N4OS. The lowest BCUT2D eigenvalue weighted by molar-refractivity contribution is 0.492. The molecular weight excluding hydrogens is 705 g/mol. The largest absolute Gasteiger partial charge is 0.455 e. The summed E-state index contributed by atoms with van der Waals surface area (Å²) in [6, 6.07) is 64.6. The maximum atomic E-state index is 6.96. The van der Waals surface area contributed by atoms with E-state index in [1.165, 1.54) is 15.5 Å². The molecule has 0 spiro atoms. The second-order valence-corrected chi connectivity index (χ2v) is 15.4. The third kappa shape index (κ3) is 4.63. The predicted octanol–water partition coefficient (Wildman–Crippen LogP) is 12.1. The molecule has 1 aliphatic heterocycles. The molecule has 12 rings (SSSR count). The van der Waals surface area contributed by atoms with E-state index in [2.05, 4.69) is 197 Å². The highest BCUT2D eigenvalue weighted by Gasteiger charge is 2.26. The minimum Gasteiger partial charge on any atom is -0.455 e. The van der Waals surface area contributed by atoms with Crippen molar-refractivity contribution in [1.82, 2.24) is 9.88 Å². The summed E-state index contributed by atoms with van der Waals surface area (Å²) in [6.07, 6.45) is -0.391. The summed E-state index contributed by atoms with van der Waals surface area (Å²) in [5.74, 6) is 0. The maximum Gasteiger partial charge on any atom is 0.201 e. The van der Waals surface area contributed by atoms with E-state index in [1.807, 2.05) is 0 Å². The summed E-state index contributed by atoms with van der Waals surface area (Å²) in [5.41, 5.74) is 9.44. The summed E-state index contributed by atoms with van der Waals surface area (Å²) in [7, 11) is 0. The van der Waals surface area contributed by atoms with Gasteiger partial charge in [-0.25, -0.2) is 4.99 Å². The van der Waals surface area contributed by atoms with Crippen molar-refractivity contribution in [1.29, 1.82) is 0 Å². The second-order valence-electron chi connectivity index (χ2n) is 14.3. The van der Waals surface area contributed by atoms with Crippen LogP contribution in [0, 0.1) is 0 Å². The zero-order chi connectivity index (χ0) is 36.7. The van der Waals surface area contributed by atoms with E-state index in [-0.39, 0.29) is 0 Å². The third-order valence-corrected chi connectivity index (χ3v) is 12.4. The zero-order valence-corrected chi connectivity index (χ0v) is 30.9. The van der Waals surface area contributed by atoms with Crippen LogP contribution in [0.15, 0.2) is 191 Å². The smallest absolute Gasteiger partial charge is 0.201 e. The first-order chi connectivity index (χ1) is 27.8. The number of fused-ring (bicyclic) bond motifs is 11. The van der Waals surface area contributed by atoms with Crippen molar-refractivity contribution in [2.24, 2.45) is 4.99 Å². The summed E-state index contributed by atoms with van der Waals surface area (Å²) >= 11 is 1.79. The van der Waals surface area contributed by atoms with Crippen molar-refractivity contribution in [3.63, 3.8) is 0 Å². The molecule has 8 aromatic carbocycles. The van der Waals surface area contributed by atoms with E-state index in [0.717, 1.165) is 87.3 Å². The number of nitrogens with zero attached hydrogens (tertiary/aromatic N) is 3. The number of para-hydroxylation sites is 3. The fraction of sp³-hybridized carbons (Fsp3) is 0.0200. The lowest BCUT2D eigenvalue weighted by Gasteiger charge is -2.27. The molecule has 1 N–H and O–H groups in total. The maximum absolute atomic E-state index is 6.96. The van der Waals surface area contributed by atoms with Gasteiger partial charge in [0.2, 0.25) is 6.29 Å². The lowest BCUT2D eigenvalue weighted by Crippen LogP contribution is -2.39. The Kier molecular flexibility index (Phi) is 6.79. The molecule has 56 heavy (non-hydrogen) atoms. The number of benzene rings is 8. The molecule has 6 heteroatoms.